The first-order chi connectivity index (χ1) is 9.10. The maximum Gasteiger partial charge on any atom is 0.269 e. The molecule has 1 aliphatic rings. The second-order valence-electron chi connectivity index (χ2n) is 4.48. The van der Waals surface area contributed by atoms with Gasteiger partial charge in [0.15, 0.2) is 6.29 Å². The lowest BCUT2D eigenvalue weighted by molar-refractivity contribution is 0.0959. The monoisotopic (exact) mass is 280 g/mol. The van der Waals surface area contributed by atoms with E-state index in [1.807, 2.05) is 6.07 Å². The number of halogens is 1. The Hall–Kier alpha value is -1.64. The third-order valence-electron chi connectivity index (χ3n) is 3.34. The van der Waals surface area contributed by atoms with Crippen LogP contribution < -0.4 is 5.56 Å². The number of rotatable bonds is 3. The second-order valence-corrected chi connectivity index (χ2v) is 4.84. The van der Waals surface area contributed by atoms with Gasteiger partial charge in [-0.3, -0.25) is 14.2 Å². The van der Waals surface area contributed by atoms with Gasteiger partial charge in [-0.1, -0.05) is 11.6 Å². The summed E-state index contributed by atoms with van der Waals surface area (Å²) in [7, 11) is 0. The number of ether oxygens (including phenoxy) is 1. The van der Waals surface area contributed by atoms with Gasteiger partial charge in [0.1, 0.15) is 16.8 Å². The van der Waals surface area contributed by atoms with Crippen molar-refractivity contribution in [2.45, 2.75) is 32.4 Å². The molecule has 0 spiro atoms. The predicted molar refractivity (Wildman–Crippen MR) is 69.5 cm³/mol. The van der Waals surface area contributed by atoms with Gasteiger partial charge in [-0.15, -0.1) is 0 Å². The van der Waals surface area contributed by atoms with Crippen molar-refractivity contribution in [2.24, 2.45) is 0 Å². The summed E-state index contributed by atoms with van der Waals surface area (Å²) < 4.78 is 6.71. The van der Waals surface area contributed by atoms with Gasteiger partial charge >= 0.3 is 0 Å². The van der Waals surface area contributed by atoms with Crippen LogP contribution in [0.5, 0.6) is 0 Å². The highest BCUT2D eigenvalue weighted by atomic mass is 35.5. The van der Waals surface area contributed by atoms with Gasteiger partial charge < -0.3 is 4.74 Å². The molecule has 0 saturated carbocycles. The smallest absolute Gasteiger partial charge is 0.269 e. The number of aromatic nitrogens is 1. The minimum absolute atomic E-state index is 0.0375. The summed E-state index contributed by atoms with van der Waals surface area (Å²) in [5.74, 6) is 0. The fourth-order valence-corrected chi connectivity index (χ4v) is 2.58. The van der Waals surface area contributed by atoms with E-state index in [-0.39, 0.29) is 28.9 Å². The zero-order chi connectivity index (χ0) is 14.0. The van der Waals surface area contributed by atoms with Gasteiger partial charge in [0.25, 0.3) is 5.56 Å². The quantitative estimate of drug-likeness (QED) is 0.624. The van der Waals surface area contributed by atoms with E-state index in [1.54, 1.807) is 6.92 Å². The lowest BCUT2D eigenvalue weighted by atomic mass is 10.1. The minimum atomic E-state index is -0.467. The highest BCUT2D eigenvalue weighted by molar-refractivity contribution is 6.32. The third-order valence-corrected chi connectivity index (χ3v) is 3.74. The number of aldehydes is 1. The number of nitrogens with zero attached hydrogens (tertiary/aromatic N) is 2. The Kier molecular flexibility index (Phi) is 4.03. The summed E-state index contributed by atoms with van der Waals surface area (Å²) in [6.07, 6.45) is 2.26. The molecule has 1 aromatic heterocycles. The van der Waals surface area contributed by atoms with E-state index < -0.39 is 5.56 Å². The van der Waals surface area contributed by atoms with Crippen LogP contribution in [0.3, 0.4) is 0 Å². The normalized spacial score (nSPS) is 18.3. The second kappa shape index (κ2) is 5.55. The van der Waals surface area contributed by atoms with Crippen LogP contribution in [-0.4, -0.2) is 23.6 Å². The summed E-state index contributed by atoms with van der Waals surface area (Å²) in [5, 5.41) is 9.12. The Morgan fingerprint density at radius 3 is 2.89 bits per heavy atom. The Labute approximate surface area is 115 Å². The topological polar surface area (TPSA) is 72.1 Å². The van der Waals surface area contributed by atoms with Crippen LogP contribution in [0.15, 0.2) is 4.79 Å². The molecule has 2 rings (SSSR count). The first kappa shape index (κ1) is 13.8. The molecular formula is C13H13ClN2O3. The Morgan fingerprint density at radius 2 is 2.37 bits per heavy atom. The molecule has 0 radical (unpaired) electrons. The van der Waals surface area contributed by atoms with Gasteiger partial charge in [-0.05, 0) is 25.3 Å². The number of pyridine rings is 1. The van der Waals surface area contributed by atoms with Crippen molar-refractivity contribution >= 4 is 17.9 Å². The molecule has 19 heavy (non-hydrogen) atoms. The largest absolute Gasteiger partial charge is 0.376 e. The number of hydrogen-bond donors (Lipinski definition) is 0. The molecule has 6 heteroatoms. The zero-order valence-corrected chi connectivity index (χ0v) is 11.2. The van der Waals surface area contributed by atoms with Crippen molar-refractivity contribution in [3.8, 4) is 6.07 Å². The number of carbonyl (C=O) groups excluding carboxylic acids is 1. The van der Waals surface area contributed by atoms with Crippen molar-refractivity contribution < 1.29 is 9.53 Å². The fourth-order valence-electron chi connectivity index (χ4n) is 2.24. The van der Waals surface area contributed by atoms with Crippen LogP contribution in [0.25, 0.3) is 0 Å². The number of carbonyl (C=O) groups is 1. The van der Waals surface area contributed by atoms with E-state index in [2.05, 4.69) is 0 Å². The molecule has 1 unspecified atom stereocenters. The number of nitriles is 1. The summed E-state index contributed by atoms with van der Waals surface area (Å²) in [6, 6.07) is 1.84. The summed E-state index contributed by atoms with van der Waals surface area (Å²) in [4.78, 5) is 23.3. The van der Waals surface area contributed by atoms with E-state index in [4.69, 9.17) is 21.6 Å². The summed E-state index contributed by atoms with van der Waals surface area (Å²) in [6.45, 7) is 2.48. The zero-order valence-electron chi connectivity index (χ0n) is 10.5. The molecule has 1 aromatic rings. The molecule has 2 heterocycles. The molecule has 0 N–H and O–H groups in total. The molecule has 5 nitrogen and oxygen atoms in total. The fraction of sp³-hybridized carbons (Fsp3) is 0.462. The summed E-state index contributed by atoms with van der Waals surface area (Å²) >= 11 is 6.09. The average Bonchev–Trinajstić information content (AvgIpc) is 2.88. The highest BCUT2D eigenvalue weighted by Crippen LogP contribution is 2.21. The lowest BCUT2D eigenvalue weighted by Gasteiger charge is -2.16. The van der Waals surface area contributed by atoms with Crippen LogP contribution in [-0.2, 0) is 11.3 Å². The van der Waals surface area contributed by atoms with E-state index in [9.17, 15) is 9.59 Å². The summed E-state index contributed by atoms with van der Waals surface area (Å²) in [5.41, 5.74) is 0.0162. The van der Waals surface area contributed by atoms with E-state index >= 15 is 0 Å². The first-order valence-corrected chi connectivity index (χ1v) is 6.37. The molecule has 0 aliphatic carbocycles. The Bertz CT molecular complexity index is 610. The lowest BCUT2D eigenvalue weighted by Crippen LogP contribution is -2.30. The van der Waals surface area contributed by atoms with Crippen molar-refractivity contribution in [1.29, 1.82) is 5.26 Å². The minimum Gasteiger partial charge on any atom is -0.376 e. The molecule has 1 fully saturated rings. The van der Waals surface area contributed by atoms with Crippen molar-refractivity contribution in [3.05, 3.63) is 32.2 Å². The van der Waals surface area contributed by atoms with Crippen LogP contribution in [0.4, 0.5) is 0 Å². The van der Waals surface area contributed by atoms with Gasteiger partial charge in [0.2, 0.25) is 0 Å². The van der Waals surface area contributed by atoms with Crippen LogP contribution >= 0.6 is 11.6 Å². The van der Waals surface area contributed by atoms with Gasteiger partial charge in [-0.25, -0.2) is 0 Å². The average molecular weight is 281 g/mol. The van der Waals surface area contributed by atoms with Crippen LogP contribution in [0.2, 0.25) is 5.15 Å². The molecule has 0 aromatic carbocycles. The van der Waals surface area contributed by atoms with Crippen LogP contribution in [0.1, 0.15) is 34.3 Å². The predicted octanol–water partition coefficient (Wildman–Crippen LogP) is 1.67. The van der Waals surface area contributed by atoms with E-state index in [1.165, 1.54) is 4.57 Å². The Morgan fingerprint density at radius 1 is 1.63 bits per heavy atom. The van der Waals surface area contributed by atoms with Gasteiger partial charge in [0.05, 0.1) is 18.2 Å². The van der Waals surface area contributed by atoms with Crippen molar-refractivity contribution in [2.75, 3.05) is 6.61 Å². The SMILES string of the molecule is Cc1c(C=O)c(Cl)n(CC2CCCO2)c(=O)c1C#N. The first-order valence-electron chi connectivity index (χ1n) is 6.00. The molecule has 0 bridgehead atoms. The molecule has 1 aliphatic heterocycles. The maximum atomic E-state index is 12.2. The highest BCUT2D eigenvalue weighted by Gasteiger charge is 2.22. The van der Waals surface area contributed by atoms with Crippen molar-refractivity contribution in [1.82, 2.24) is 4.57 Å². The Balaban J connectivity index is 2.56. The molecule has 0 amide bonds. The molecule has 100 valence electrons. The maximum absolute atomic E-state index is 12.2. The third kappa shape index (κ3) is 2.42. The van der Waals surface area contributed by atoms with E-state index in [0.29, 0.717) is 18.5 Å². The van der Waals surface area contributed by atoms with Gasteiger partial charge in [-0.2, -0.15) is 5.26 Å². The number of hydrogen-bond acceptors (Lipinski definition) is 4. The standard InChI is InChI=1S/C13H13ClN2O3/c1-8-10(5-15)13(18)16(12(14)11(8)7-17)6-9-3-2-4-19-9/h7,9H,2-4,6H2,1H3. The molecule has 1 atom stereocenters. The molecule has 1 saturated heterocycles. The van der Waals surface area contributed by atoms with Gasteiger partial charge in [0, 0.05) is 6.61 Å². The van der Waals surface area contributed by atoms with E-state index in [0.717, 1.165) is 12.8 Å². The van der Waals surface area contributed by atoms with Crippen LogP contribution in [0, 0.1) is 18.3 Å². The van der Waals surface area contributed by atoms with Crippen molar-refractivity contribution in [3.63, 3.8) is 0 Å². The molecular weight excluding hydrogens is 268 g/mol.